The Labute approximate surface area is 110 Å². The monoisotopic (exact) mass is 290 g/mol. The van der Waals surface area contributed by atoms with Crippen molar-refractivity contribution in [2.45, 2.75) is 19.8 Å². The van der Waals surface area contributed by atoms with Crippen LogP contribution in [0.4, 0.5) is 10.1 Å². The first-order valence-electron chi connectivity index (χ1n) is 5.51. The topological polar surface area (TPSA) is 98.5 Å². The van der Waals surface area contributed by atoms with Crippen LogP contribution in [0.5, 0.6) is 0 Å². The molecule has 0 radical (unpaired) electrons. The molecule has 1 aromatic carbocycles. The normalized spacial score (nSPS) is 12.8. The molecule has 1 atom stereocenters. The van der Waals surface area contributed by atoms with Gasteiger partial charge in [-0.25, -0.2) is 9.53 Å². The summed E-state index contributed by atoms with van der Waals surface area (Å²) < 4.78 is 41.9. The zero-order valence-electron chi connectivity index (χ0n) is 10.5. The SMILES string of the molecule is CCOC(=O)C(C)c1ccc(NS(N)(=O)=O)c(F)c1. The number of nitrogens with one attached hydrogen (secondary N) is 1. The van der Waals surface area contributed by atoms with E-state index in [-0.39, 0.29) is 12.3 Å². The summed E-state index contributed by atoms with van der Waals surface area (Å²) in [6, 6.07) is 3.69. The first-order valence-corrected chi connectivity index (χ1v) is 7.06. The van der Waals surface area contributed by atoms with E-state index in [0.717, 1.165) is 6.07 Å². The summed E-state index contributed by atoms with van der Waals surface area (Å²) in [6.45, 7) is 3.47. The fourth-order valence-corrected chi connectivity index (χ4v) is 1.91. The number of hydrogen-bond donors (Lipinski definition) is 2. The van der Waals surface area contributed by atoms with Gasteiger partial charge in [-0.3, -0.25) is 9.52 Å². The molecule has 0 aliphatic carbocycles. The third-order valence-electron chi connectivity index (χ3n) is 2.39. The molecule has 0 saturated heterocycles. The standard InChI is InChI=1S/C11H15FN2O4S/c1-3-18-11(15)7(2)8-4-5-10(9(12)6-8)14-19(13,16)17/h4-7,14H,3H2,1-2H3,(H2,13,16,17). The quantitative estimate of drug-likeness (QED) is 0.793. The minimum Gasteiger partial charge on any atom is -0.466 e. The number of ether oxygens (including phenoxy) is 1. The van der Waals surface area contributed by atoms with Gasteiger partial charge in [-0.15, -0.1) is 0 Å². The lowest BCUT2D eigenvalue weighted by molar-refractivity contribution is -0.144. The lowest BCUT2D eigenvalue weighted by atomic mass is 10.0. The van der Waals surface area contributed by atoms with Gasteiger partial charge in [0.2, 0.25) is 0 Å². The molecule has 19 heavy (non-hydrogen) atoms. The van der Waals surface area contributed by atoms with Crippen molar-refractivity contribution in [3.05, 3.63) is 29.6 Å². The molecule has 6 nitrogen and oxygen atoms in total. The number of carbonyl (C=O) groups excluding carboxylic acids is 1. The van der Waals surface area contributed by atoms with Crippen LogP contribution in [0.25, 0.3) is 0 Å². The zero-order valence-corrected chi connectivity index (χ0v) is 11.3. The molecule has 0 aromatic heterocycles. The molecule has 8 heteroatoms. The van der Waals surface area contributed by atoms with Crippen molar-refractivity contribution in [2.24, 2.45) is 5.14 Å². The number of rotatable bonds is 5. The molecule has 1 unspecified atom stereocenters. The molecule has 1 rings (SSSR count). The molecule has 0 aliphatic rings. The van der Waals surface area contributed by atoms with Gasteiger partial charge in [-0.05, 0) is 31.5 Å². The van der Waals surface area contributed by atoms with Gasteiger partial charge in [0.05, 0.1) is 18.2 Å². The summed E-state index contributed by atoms with van der Waals surface area (Å²) in [4.78, 5) is 11.5. The molecule has 0 aliphatic heterocycles. The Morgan fingerprint density at radius 3 is 2.63 bits per heavy atom. The van der Waals surface area contributed by atoms with Crippen LogP contribution in [0.1, 0.15) is 25.3 Å². The van der Waals surface area contributed by atoms with Gasteiger partial charge >= 0.3 is 5.97 Å². The molecule has 0 spiro atoms. The summed E-state index contributed by atoms with van der Waals surface area (Å²) in [6.07, 6.45) is 0. The highest BCUT2D eigenvalue weighted by Gasteiger charge is 2.18. The largest absolute Gasteiger partial charge is 0.466 e. The highest BCUT2D eigenvalue weighted by atomic mass is 32.2. The van der Waals surface area contributed by atoms with Gasteiger partial charge in [0.1, 0.15) is 5.82 Å². The van der Waals surface area contributed by atoms with Crippen molar-refractivity contribution in [2.75, 3.05) is 11.3 Å². The summed E-state index contributed by atoms with van der Waals surface area (Å²) in [5, 5.41) is 4.74. The number of esters is 1. The van der Waals surface area contributed by atoms with Gasteiger partial charge in [-0.2, -0.15) is 8.42 Å². The highest BCUT2D eigenvalue weighted by molar-refractivity contribution is 7.90. The Balaban J connectivity index is 2.96. The van der Waals surface area contributed by atoms with E-state index in [9.17, 15) is 17.6 Å². The highest BCUT2D eigenvalue weighted by Crippen LogP contribution is 2.22. The summed E-state index contributed by atoms with van der Waals surface area (Å²) in [7, 11) is -4.04. The van der Waals surface area contributed by atoms with Crippen molar-refractivity contribution in [3.8, 4) is 0 Å². The summed E-state index contributed by atoms with van der Waals surface area (Å²) in [5.74, 6) is -1.94. The van der Waals surface area contributed by atoms with Crippen LogP contribution < -0.4 is 9.86 Å². The van der Waals surface area contributed by atoms with Gasteiger partial charge in [0.15, 0.2) is 0 Å². The van der Waals surface area contributed by atoms with E-state index in [1.54, 1.807) is 13.8 Å². The first kappa shape index (κ1) is 15.4. The lowest BCUT2D eigenvalue weighted by Crippen LogP contribution is -2.22. The summed E-state index contributed by atoms with van der Waals surface area (Å²) >= 11 is 0. The maximum absolute atomic E-state index is 13.7. The Hall–Kier alpha value is -1.67. The predicted molar refractivity (Wildman–Crippen MR) is 68.2 cm³/mol. The van der Waals surface area contributed by atoms with Crippen molar-refractivity contribution in [3.63, 3.8) is 0 Å². The van der Waals surface area contributed by atoms with E-state index in [1.165, 1.54) is 12.1 Å². The Morgan fingerprint density at radius 2 is 2.16 bits per heavy atom. The number of anilines is 1. The molecular weight excluding hydrogens is 275 g/mol. The number of halogens is 1. The second kappa shape index (κ2) is 5.98. The van der Waals surface area contributed by atoms with Crippen LogP contribution in [0.15, 0.2) is 18.2 Å². The number of benzene rings is 1. The van der Waals surface area contributed by atoms with Gasteiger partial charge in [0.25, 0.3) is 10.2 Å². The Kier molecular flexibility index (Phi) is 4.84. The lowest BCUT2D eigenvalue weighted by Gasteiger charge is -2.12. The van der Waals surface area contributed by atoms with E-state index < -0.39 is 27.9 Å². The van der Waals surface area contributed by atoms with Gasteiger partial charge in [-0.1, -0.05) is 6.07 Å². The maximum atomic E-state index is 13.7. The summed E-state index contributed by atoms with van der Waals surface area (Å²) in [5.41, 5.74) is 0.109. The third-order valence-corrected chi connectivity index (χ3v) is 2.89. The van der Waals surface area contributed by atoms with Crippen LogP contribution >= 0.6 is 0 Å². The third kappa shape index (κ3) is 4.49. The Morgan fingerprint density at radius 1 is 1.53 bits per heavy atom. The van der Waals surface area contributed by atoms with Crippen LogP contribution in [0.3, 0.4) is 0 Å². The first-order chi connectivity index (χ1) is 8.74. The predicted octanol–water partition coefficient (Wildman–Crippen LogP) is 1.11. The average molecular weight is 290 g/mol. The molecule has 106 valence electrons. The number of nitrogens with two attached hydrogens (primary N) is 1. The minimum absolute atomic E-state index is 0.233. The molecule has 0 heterocycles. The molecular formula is C11H15FN2O4S. The Bertz CT molecular complexity index is 574. The second-order valence-electron chi connectivity index (χ2n) is 3.86. The number of hydrogen-bond acceptors (Lipinski definition) is 4. The number of carbonyl (C=O) groups is 1. The van der Waals surface area contributed by atoms with E-state index in [4.69, 9.17) is 9.88 Å². The maximum Gasteiger partial charge on any atom is 0.313 e. The van der Waals surface area contributed by atoms with Gasteiger partial charge in [0, 0.05) is 0 Å². The molecule has 1 aromatic rings. The molecule has 0 bridgehead atoms. The second-order valence-corrected chi connectivity index (χ2v) is 5.15. The molecule has 0 saturated carbocycles. The van der Waals surface area contributed by atoms with Crippen molar-refractivity contribution in [1.29, 1.82) is 0 Å². The van der Waals surface area contributed by atoms with Crippen molar-refractivity contribution >= 4 is 21.9 Å². The fourth-order valence-electron chi connectivity index (χ4n) is 1.44. The minimum atomic E-state index is -4.04. The van der Waals surface area contributed by atoms with E-state index in [2.05, 4.69) is 0 Å². The molecule has 0 amide bonds. The van der Waals surface area contributed by atoms with Gasteiger partial charge < -0.3 is 4.74 Å². The van der Waals surface area contributed by atoms with Crippen LogP contribution in [-0.2, 0) is 19.7 Å². The van der Waals surface area contributed by atoms with Crippen LogP contribution in [0.2, 0.25) is 0 Å². The van der Waals surface area contributed by atoms with Crippen LogP contribution in [0, 0.1) is 5.82 Å². The molecule has 3 N–H and O–H groups in total. The van der Waals surface area contributed by atoms with E-state index in [1.807, 2.05) is 4.72 Å². The molecule has 0 fully saturated rings. The van der Waals surface area contributed by atoms with Crippen LogP contribution in [-0.4, -0.2) is 21.0 Å². The average Bonchev–Trinajstić information content (AvgIpc) is 2.29. The smallest absolute Gasteiger partial charge is 0.313 e. The van der Waals surface area contributed by atoms with Crippen molar-refractivity contribution < 1.29 is 22.3 Å². The van der Waals surface area contributed by atoms with E-state index >= 15 is 0 Å². The van der Waals surface area contributed by atoms with E-state index in [0.29, 0.717) is 5.56 Å². The van der Waals surface area contributed by atoms with Crippen molar-refractivity contribution in [1.82, 2.24) is 0 Å². The zero-order chi connectivity index (χ0) is 14.6. The fraction of sp³-hybridized carbons (Fsp3) is 0.364.